The summed E-state index contributed by atoms with van der Waals surface area (Å²) in [7, 11) is 0. The summed E-state index contributed by atoms with van der Waals surface area (Å²) in [5, 5.41) is 0. The molecule has 0 atom stereocenters. The van der Waals surface area contributed by atoms with Crippen LogP contribution in [0, 0.1) is 0 Å². The van der Waals surface area contributed by atoms with Crippen LogP contribution in [-0.2, 0) is 6.18 Å². The van der Waals surface area contributed by atoms with E-state index < -0.39 is 11.9 Å². The summed E-state index contributed by atoms with van der Waals surface area (Å²) in [6, 6.07) is 1.25. The zero-order valence-corrected chi connectivity index (χ0v) is 8.04. The predicted molar refractivity (Wildman–Crippen MR) is 44.2 cm³/mol. The van der Waals surface area contributed by atoms with Crippen LogP contribution < -0.4 is 0 Å². The largest absolute Gasteiger partial charge is 0.434 e. The molecule has 0 radical (unpaired) electrons. The average molecular weight is 258 g/mol. The molecule has 0 N–H and O–H groups in total. The van der Waals surface area contributed by atoms with Gasteiger partial charge in [-0.25, -0.2) is 4.98 Å². The highest BCUT2D eigenvalue weighted by Crippen LogP contribution is 2.33. The van der Waals surface area contributed by atoms with Gasteiger partial charge in [0.05, 0.1) is 0 Å². The molecule has 66 valence electrons. The molecule has 1 aromatic rings. The van der Waals surface area contributed by atoms with Crippen LogP contribution in [0.25, 0.3) is 0 Å². The lowest BCUT2D eigenvalue weighted by atomic mass is 10.3. The third kappa shape index (κ3) is 2.13. The van der Waals surface area contributed by atoms with Gasteiger partial charge in [-0.15, -0.1) is 12.6 Å². The van der Waals surface area contributed by atoms with Crippen molar-refractivity contribution in [1.29, 1.82) is 0 Å². The van der Waals surface area contributed by atoms with Gasteiger partial charge < -0.3 is 0 Å². The van der Waals surface area contributed by atoms with Gasteiger partial charge in [0, 0.05) is 15.6 Å². The van der Waals surface area contributed by atoms with Gasteiger partial charge in [-0.05, 0) is 22.0 Å². The van der Waals surface area contributed by atoms with Crippen LogP contribution in [0.5, 0.6) is 0 Å². The quantitative estimate of drug-likeness (QED) is 0.705. The highest BCUT2D eigenvalue weighted by atomic mass is 79.9. The Bertz CT molecular complexity index is 299. The van der Waals surface area contributed by atoms with Crippen LogP contribution in [0.15, 0.2) is 21.6 Å². The standard InChI is InChI=1S/C6H3BrF3NS/c7-4-1-3(12)2-11-5(4)6(8,9)10/h1-2,12H. The van der Waals surface area contributed by atoms with E-state index in [9.17, 15) is 13.2 Å². The van der Waals surface area contributed by atoms with Gasteiger partial charge in [0.1, 0.15) is 0 Å². The fourth-order valence-electron chi connectivity index (χ4n) is 0.636. The number of pyridine rings is 1. The zero-order valence-electron chi connectivity index (χ0n) is 5.56. The Hall–Kier alpha value is -0.230. The number of rotatable bonds is 0. The van der Waals surface area contributed by atoms with E-state index in [1.165, 1.54) is 6.07 Å². The maximum atomic E-state index is 12.1. The first-order valence-electron chi connectivity index (χ1n) is 2.83. The van der Waals surface area contributed by atoms with E-state index in [2.05, 4.69) is 33.5 Å². The first kappa shape index (κ1) is 9.85. The van der Waals surface area contributed by atoms with Crippen molar-refractivity contribution in [2.75, 3.05) is 0 Å². The fourth-order valence-corrected chi connectivity index (χ4v) is 1.57. The van der Waals surface area contributed by atoms with Crippen molar-refractivity contribution < 1.29 is 13.2 Å². The first-order chi connectivity index (χ1) is 5.41. The predicted octanol–water partition coefficient (Wildman–Crippen LogP) is 3.15. The lowest BCUT2D eigenvalue weighted by Gasteiger charge is -2.07. The number of hydrogen-bond donors (Lipinski definition) is 1. The fraction of sp³-hybridized carbons (Fsp3) is 0.167. The summed E-state index contributed by atoms with van der Waals surface area (Å²) in [6.07, 6.45) is -3.36. The van der Waals surface area contributed by atoms with Crippen LogP contribution in [0.1, 0.15) is 5.69 Å². The van der Waals surface area contributed by atoms with E-state index in [1.807, 2.05) is 0 Å². The molecule has 0 bridgehead atoms. The Labute approximate surface area is 80.5 Å². The Kier molecular flexibility index (Phi) is 2.67. The van der Waals surface area contributed by atoms with Gasteiger partial charge in [0.2, 0.25) is 0 Å². The van der Waals surface area contributed by atoms with Crippen LogP contribution >= 0.6 is 28.6 Å². The molecule has 0 unspecified atom stereocenters. The van der Waals surface area contributed by atoms with Gasteiger partial charge in [-0.3, -0.25) is 0 Å². The molecule has 0 saturated heterocycles. The van der Waals surface area contributed by atoms with Gasteiger partial charge in [-0.2, -0.15) is 13.2 Å². The zero-order chi connectivity index (χ0) is 9.35. The maximum absolute atomic E-state index is 12.1. The molecule has 0 aromatic carbocycles. The summed E-state index contributed by atoms with van der Waals surface area (Å²) in [6.45, 7) is 0. The molecule has 0 aliphatic carbocycles. The Morgan fingerprint density at radius 1 is 1.42 bits per heavy atom. The molecular weight excluding hydrogens is 255 g/mol. The minimum Gasteiger partial charge on any atom is -0.250 e. The molecule has 0 aliphatic rings. The number of halogens is 4. The number of thiol groups is 1. The van der Waals surface area contributed by atoms with Crippen LogP contribution in [0.4, 0.5) is 13.2 Å². The second kappa shape index (κ2) is 3.26. The van der Waals surface area contributed by atoms with Gasteiger partial charge in [0.15, 0.2) is 5.69 Å². The highest BCUT2D eigenvalue weighted by Gasteiger charge is 2.34. The van der Waals surface area contributed by atoms with Crippen molar-refractivity contribution in [3.05, 3.63) is 22.4 Å². The van der Waals surface area contributed by atoms with E-state index in [1.54, 1.807) is 0 Å². The molecule has 6 heteroatoms. The SMILES string of the molecule is FC(F)(F)c1ncc(S)cc1Br. The minimum atomic E-state index is -4.42. The second-order valence-electron chi connectivity index (χ2n) is 2.02. The molecule has 1 heterocycles. The van der Waals surface area contributed by atoms with E-state index in [0.29, 0.717) is 4.90 Å². The van der Waals surface area contributed by atoms with Crippen LogP contribution in [0.2, 0.25) is 0 Å². The van der Waals surface area contributed by atoms with Crippen LogP contribution in [0.3, 0.4) is 0 Å². The summed E-state index contributed by atoms with van der Waals surface area (Å²) >= 11 is 6.59. The average Bonchev–Trinajstić information content (AvgIpc) is 1.83. The lowest BCUT2D eigenvalue weighted by Crippen LogP contribution is -2.08. The molecule has 0 aliphatic heterocycles. The second-order valence-corrected chi connectivity index (χ2v) is 3.39. The minimum absolute atomic E-state index is 0.0949. The van der Waals surface area contributed by atoms with E-state index in [4.69, 9.17) is 0 Å². The van der Waals surface area contributed by atoms with Gasteiger partial charge in [-0.1, -0.05) is 0 Å². The summed E-state index contributed by atoms with van der Waals surface area (Å²) in [4.78, 5) is 3.58. The van der Waals surface area contributed by atoms with Crippen molar-refractivity contribution in [3.8, 4) is 0 Å². The number of aromatic nitrogens is 1. The Morgan fingerprint density at radius 2 is 2.00 bits per heavy atom. The van der Waals surface area contributed by atoms with E-state index in [-0.39, 0.29) is 4.47 Å². The summed E-state index contributed by atoms with van der Waals surface area (Å²) in [5.41, 5.74) is -0.930. The van der Waals surface area contributed by atoms with E-state index in [0.717, 1.165) is 6.20 Å². The van der Waals surface area contributed by atoms with Crippen molar-refractivity contribution in [3.63, 3.8) is 0 Å². The van der Waals surface area contributed by atoms with Crippen LogP contribution in [-0.4, -0.2) is 4.98 Å². The molecule has 0 amide bonds. The first-order valence-corrected chi connectivity index (χ1v) is 4.07. The molecule has 12 heavy (non-hydrogen) atoms. The molecular formula is C6H3BrF3NS. The maximum Gasteiger partial charge on any atom is 0.434 e. The molecule has 1 rings (SSSR count). The number of hydrogen-bond acceptors (Lipinski definition) is 2. The van der Waals surface area contributed by atoms with Gasteiger partial charge in [0.25, 0.3) is 0 Å². The Morgan fingerprint density at radius 3 is 2.42 bits per heavy atom. The lowest BCUT2D eigenvalue weighted by molar-refractivity contribution is -0.141. The monoisotopic (exact) mass is 257 g/mol. The molecule has 1 aromatic heterocycles. The summed E-state index contributed by atoms with van der Waals surface area (Å²) in [5.74, 6) is 0. The van der Waals surface area contributed by atoms with Crippen molar-refractivity contribution in [1.82, 2.24) is 4.98 Å². The summed E-state index contributed by atoms with van der Waals surface area (Å²) < 4.78 is 36.1. The molecule has 1 nitrogen and oxygen atoms in total. The van der Waals surface area contributed by atoms with Crippen molar-refractivity contribution in [2.24, 2.45) is 0 Å². The smallest absolute Gasteiger partial charge is 0.250 e. The van der Waals surface area contributed by atoms with Crippen molar-refractivity contribution in [2.45, 2.75) is 11.1 Å². The normalized spacial score (nSPS) is 11.8. The molecule has 0 saturated carbocycles. The number of nitrogens with zero attached hydrogens (tertiary/aromatic N) is 1. The molecule has 0 fully saturated rings. The molecule has 0 spiro atoms. The third-order valence-electron chi connectivity index (χ3n) is 1.10. The highest BCUT2D eigenvalue weighted by molar-refractivity contribution is 9.10. The van der Waals surface area contributed by atoms with Crippen molar-refractivity contribution >= 4 is 28.6 Å². The topological polar surface area (TPSA) is 12.9 Å². The van der Waals surface area contributed by atoms with Gasteiger partial charge >= 0.3 is 6.18 Å². The Balaban J connectivity index is 3.19. The number of alkyl halides is 3. The van der Waals surface area contributed by atoms with E-state index >= 15 is 0 Å². The third-order valence-corrected chi connectivity index (χ3v) is 1.94.